The molecule has 0 heterocycles. The Bertz CT molecular complexity index is 299. The van der Waals surface area contributed by atoms with Gasteiger partial charge in [0.1, 0.15) is 6.61 Å². The Hall–Kier alpha value is -1.67. The molecule has 0 aliphatic carbocycles. The second-order valence-electron chi connectivity index (χ2n) is 3.30. The smallest absolute Gasteiger partial charge is 0.336 e. The molecule has 0 radical (unpaired) electrons. The zero-order valence-electron chi connectivity index (χ0n) is 9.21. The molecule has 8 nitrogen and oxygen atoms in total. The van der Waals surface area contributed by atoms with Crippen LogP contribution in [0.3, 0.4) is 0 Å². The summed E-state index contributed by atoms with van der Waals surface area (Å²) in [7, 11) is 1.38. The number of carbonyl (C=O) groups is 3. The van der Waals surface area contributed by atoms with Crippen LogP contribution in [0.4, 0.5) is 0 Å². The highest BCUT2D eigenvalue weighted by Crippen LogP contribution is 2.16. The molecular formula is C9H14O8. The van der Waals surface area contributed by atoms with Gasteiger partial charge >= 0.3 is 17.9 Å². The Morgan fingerprint density at radius 2 is 1.71 bits per heavy atom. The van der Waals surface area contributed by atoms with Crippen LogP contribution in [0.25, 0.3) is 0 Å². The van der Waals surface area contributed by atoms with Gasteiger partial charge in [0.05, 0.1) is 19.4 Å². The molecular weight excluding hydrogens is 236 g/mol. The number of esters is 1. The molecule has 3 N–H and O–H groups in total. The van der Waals surface area contributed by atoms with Crippen LogP contribution in [0, 0.1) is 0 Å². The third-order valence-corrected chi connectivity index (χ3v) is 1.83. The number of carboxylic acids is 2. The summed E-state index contributed by atoms with van der Waals surface area (Å²) in [6.07, 6.45) is -2.01. The molecule has 0 bridgehead atoms. The first kappa shape index (κ1) is 15.3. The average Bonchev–Trinajstić information content (AvgIpc) is 2.16. The van der Waals surface area contributed by atoms with E-state index in [0.717, 1.165) is 0 Å². The van der Waals surface area contributed by atoms with Gasteiger partial charge < -0.3 is 24.8 Å². The molecule has 0 aromatic rings. The van der Waals surface area contributed by atoms with Gasteiger partial charge in [0.2, 0.25) is 0 Å². The fourth-order valence-electron chi connectivity index (χ4n) is 0.993. The number of methoxy groups -OCH3 is 1. The largest absolute Gasteiger partial charge is 0.481 e. The maximum Gasteiger partial charge on any atom is 0.336 e. The Balaban J connectivity index is 4.39. The standard InChI is InChI=1S/C9H14O8/c1-16-2-3-17-7(12)5-9(15,8(13)14)4-6(10)11/h15H,2-5H2,1H3,(H,10,11)(H,13,14). The van der Waals surface area contributed by atoms with Crippen molar-refractivity contribution in [3.8, 4) is 0 Å². The van der Waals surface area contributed by atoms with Crippen LogP contribution in [0.1, 0.15) is 12.8 Å². The summed E-state index contributed by atoms with van der Waals surface area (Å²) in [6, 6.07) is 0. The number of aliphatic hydroxyl groups is 1. The molecule has 1 unspecified atom stereocenters. The number of aliphatic carboxylic acids is 2. The number of hydrogen-bond acceptors (Lipinski definition) is 6. The normalized spacial score (nSPS) is 13.8. The van der Waals surface area contributed by atoms with Crippen LogP contribution in [0.5, 0.6) is 0 Å². The second kappa shape index (κ2) is 6.81. The van der Waals surface area contributed by atoms with Crippen LogP contribution < -0.4 is 0 Å². The van der Waals surface area contributed by atoms with Crippen LogP contribution in [-0.4, -0.2) is 59.2 Å². The van der Waals surface area contributed by atoms with E-state index in [4.69, 9.17) is 10.2 Å². The highest BCUT2D eigenvalue weighted by molar-refractivity contribution is 5.88. The summed E-state index contributed by atoms with van der Waals surface area (Å²) >= 11 is 0. The van der Waals surface area contributed by atoms with Gasteiger partial charge in [-0.1, -0.05) is 0 Å². The van der Waals surface area contributed by atoms with Crippen molar-refractivity contribution >= 4 is 17.9 Å². The molecule has 0 saturated carbocycles. The van der Waals surface area contributed by atoms with Gasteiger partial charge in [-0.3, -0.25) is 9.59 Å². The summed E-state index contributed by atoms with van der Waals surface area (Å²) in [5.41, 5.74) is -2.66. The zero-order valence-corrected chi connectivity index (χ0v) is 9.21. The van der Waals surface area contributed by atoms with Crippen molar-refractivity contribution in [2.24, 2.45) is 0 Å². The average molecular weight is 250 g/mol. The van der Waals surface area contributed by atoms with Gasteiger partial charge in [0.25, 0.3) is 0 Å². The van der Waals surface area contributed by atoms with E-state index in [1.807, 2.05) is 0 Å². The lowest BCUT2D eigenvalue weighted by Crippen LogP contribution is -2.43. The van der Waals surface area contributed by atoms with E-state index in [9.17, 15) is 19.5 Å². The van der Waals surface area contributed by atoms with Gasteiger partial charge in [-0.2, -0.15) is 0 Å². The highest BCUT2D eigenvalue weighted by Gasteiger charge is 2.41. The zero-order chi connectivity index (χ0) is 13.5. The minimum absolute atomic E-state index is 0.0991. The first-order chi connectivity index (χ1) is 7.81. The lowest BCUT2D eigenvalue weighted by atomic mass is 9.96. The summed E-state index contributed by atoms with van der Waals surface area (Å²) in [4.78, 5) is 32.2. The highest BCUT2D eigenvalue weighted by atomic mass is 16.6. The van der Waals surface area contributed by atoms with E-state index in [0.29, 0.717) is 0 Å². The molecule has 0 aromatic heterocycles. The minimum atomic E-state index is -2.66. The molecule has 0 spiro atoms. The van der Waals surface area contributed by atoms with Crippen molar-refractivity contribution in [2.45, 2.75) is 18.4 Å². The summed E-state index contributed by atoms with van der Waals surface area (Å²) < 4.78 is 9.11. The van der Waals surface area contributed by atoms with E-state index in [2.05, 4.69) is 9.47 Å². The Kier molecular flexibility index (Phi) is 6.15. The maximum atomic E-state index is 11.1. The van der Waals surface area contributed by atoms with Gasteiger partial charge in [-0.15, -0.1) is 0 Å². The van der Waals surface area contributed by atoms with E-state index < -0.39 is 36.4 Å². The number of rotatable bonds is 8. The lowest BCUT2D eigenvalue weighted by Gasteiger charge is -2.20. The van der Waals surface area contributed by atoms with Crippen molar-refractivity contribution < 1.29 is 39.2 Å². The Morgan fingerprint density at radius 1 is 1.12 bits per heavy atom. The SMILES string of the molecule is COCCOC(=O)CC(O)(CC(=O)O)C(=O)O. The number of carbonyl (C=O) groups excluding carboxylic acids is 1. The third kappa shape index (κ3) is 5.83. The van der Waals surface area contributed by atoms with Gasteiger partial charge in [0.15, 0.2) is 5.60 Å². The maximum absolute atomic E-state index is 11.1. The predicted octanol–water partition coefficient (Wildman–Crippen LogP) is -1.14. The van der Waals surface area contributed by atoms with Crippen molar-refractivity contribution in [3.63, 3.8) is 0 Å². The molecule has 17 heavy (non-hydrogen) atoms. The Morgan fingerprint density at radius 3 is 2.12 bits per heavy atom. The van der Waals surface area contributed by atoms with Crippen LogP contribution in [0.2, 0.25) is 0 Å². The topological polar surface area (TPSA) is 130 Å². The fraction of sp³-hybridized carbons (Fsp3) is 0.667. The first-order valence-electron chi connectivity index (χ1n) is 4.64. The van der Waals surface area contributed by atoms with Crippen molar-refractivity contribution in [1.29, 1.82) is 0 Å². The van der Waals surface area contributed by atoms with Gasteiger partial charge in [-0.05, 0) is 0 Å². The van der Waals surface area contributed by atoms with Crippen molar-refractivity contribution in [3.05, 3.63) is 0 Å². The summed E-state index contributed by atoms with van der Waals surface area (Å²) in [5, 5.41) is 26.6. The van der Waals surface area contributed by atoms with E-state index in [1.165, 1.54) is 7.11 Å². The number of ether oxygens (including phenoxy) is 2. The minimum Gasteiger partial charge on any atom is -0.481 e. The second-order valence-corrected chi connectivity index (χ2v) is 3.30. The van der Waals surface area contributed by atoms with E-state index in [-0.39, 0.29) is 13.2 Å². The van der Waals surface area contributed by atoms with Crippen molar-refractivity contribution in [2.75, 3.05) is 20.3 Å². The molecule has 0 saturated heterocycles. The lowest BCUT2D eigenvalue weighted by molar-refractivity contribution is -0.172. The first-order valence-corrected chi connectivity index (χ1v) is 4.64. The van der Waals surface area contributed by atoms with Crippen LogP contribution in [-0.2, 0) is 23.9 Å². The quantitative estimate of drug-likeness (QED) is 0.364. The molecule has 8 heteroatoms. The molecule has 0 aromatic carbocycles. The fourth-order valence-corrected chi connectivity index (χ4v) is 0.993. The molecule has 0 aliphatic heterocycles. The number of hydrogen-bond donors (Lipinski definition) is 3. The molecule has 0 fully saturated rings. The molecule has 0 aliphatic rings. The van der Waals surface area contributed by atoms with Crippen LogP contribution >= 0.6 is 0 Å². The Labute approximate surface area is 96.8 Å². The predicted molar refractivity (Wildman–Crippen MR) is 52.3 cm³/mol. The van der Waals surface area contributed by atoms with Crippen molar-refractivity contribution in [1.82, 2.24) is 0 Å². The van der Waals surface area contributed by atoms with Gasteiger partial charge in [-0.25, -0.2) is 4.79 Å². The molecule has 0 amide bonds. The third-order valence-electron chi connectivity index (χ3n) is 1.83. The summed E-state index contributed by atoms with van der Waals surface area (Å²) in [6.45, 7) is 0.0221. The van der Waals surface area contributed by atoms with Crippen LogP contribution in [0.15, 0.2) is 0 Å². The van der Waals surface area contributed by atoms with E-state index >= 15 is 0 Å². The molecule has 98 valence electrons. The van der Waals surface area contributed by atoms with E-state index in [1.54, 1.807) is 0 Å². The molecule has 0 rings (SSSR count). The number of carboxylic acid groups (broad SMARTS) is 2. The van der Waals surface area contributed by atoms with Gasteiger partial charge in [0, 0.05) is 7.11 Å². The monoisotopic (exact) mass is 250 g/mol. The summed E-state index contributed by atoms with van der Waals surface area (Å²) in [5.74, 6) is -4.32. The molecule has 1 atom stereocenters.